The highest BCUT2D eigenvalue weighted by molar-refractivity contribution is 5.82. The summed E-state index contributed by atoms with van der Waals surface area (Å²) in [6, 6.07) is 7.11. The first-order valence-electron chi connectivity index (χ1n) is 7.09. The molecule has 0 saturated carbocycles. The molecule has 6 heteroatoms. The number of carbonyl (C=O) groups is 2. The Bertz CT molecular complexity index is 463. The molecule has 0 heterocycles. The topological polar surface area (TPSA) is 76.7 Å². The van der Waals surface area contributed by atoms with Gasteiger partial charge in [-0.25, -0.2) is 0 Å². The number of unbranched alkanes of at least 4 members (excludes halogenated alkanes) is 1. The van der Waals surface area contributed by atoms with Gasteiger partial charge in [0.05, 0.1) is 6.61 Å². The number of hydrogen-bond acceptors (Lipinski definition) is 4. The van der Waals surface area contributed by atoms with Crippen molar-refractivity contribution in [2.24, 2.45) is 0 Å². The predicted molar refractivity (Wildman–Crippen MR) is 78.9 cm³/mol. The van der Waals surface area contributed by atoms with E-state index in [1.807, 2.05) is 19.9 Å². The van der Waals surface area contributed by atoms with Crippen LogP contribution in [0.3, 0.4) is 0 Å². The number of amides is 2. The van der Waals surface area contributed by atoms with Crippen molar-refractivity contribution in [1.29, 1.82) is 0 Å². The summed E-state index contributed by atoms with van der Waals surface area (Å²) in [4.78, 5) is 22.9. The standard InChI is InChI=1S/C15H22N2O4/c1-3-5-10-14(18)16-17-15(19)11-21-13-9-7-6-8-12(13)20-4-2/h6-9H,3-5,10-11H2,1-2H3,(H,16,18)(H,17,19). The third-order valence-electron chi connectivity index (χ3n) is 2.61. The summed E-state index contributed by atoms with van der Waals surface area (Å²) >= 11 is 0. The normalized spacial score (nSPS) is 9.81. The smallest absolute Gasteiger partial charge is 0.276 e. The SMILES string of the molecule is CCCCC(=O)NNC(=O)COc1ccccc1OCC. The van der Waals surface area contributed by atoms with Crippen LogP contribution in [0.25, 0.3) is 0 Å². The fourth-order valence-corrected chi connectivity index (χ4v) is 1.56. The van der Waals surface area contributed by atoms with Gasteiger partial charge in [0.1, 0.15) is 0 Å². The molecular formula is C15H22N2O4. The molecule has 1 aromatic carbocycles. The van der Waals surface area contributed by atoms with Crippen LogP contribution < -0.4 is 20.3 Å². The summed E-state index contributed by atoms with van der Waals surface area (Å²) in [7, 11) is 0. The van der Waals surface area contributed by atoms with Crippen molar-refractivity contribution >= 4 is 11.8 Å². The average Bonchev–Trinajstić information content (AvgIpc) is 2.50. The first kappa shape index (κ1) is 16.8. The monoisotopic (exact) mass is 294 g/mol. The summed E-state index contributed by atoms with van der Waals surface area (Å²) in [5.41, 5.74) is 4.65. The summed E-state index contributed by atoms with van der Waals surface area (Å²) in [5, 5.41) is 0. The van der Waals surface area contributed by atoms with Gasteiger partial charge in [0.2, 0.25) is 5.91 Å². The van der Waals surface area contributed by atoms with E-state index < -0.39 is 5.91 Å². The fourth-order valence-electron chi connectivity index (χ4n) is 1.56. The number of nitrogens with one attached hydrogen (secondary N) is 2. The minimum absolute atomic E-state index is 0.196. The van der Waals surface area contributed by atoms with E-state index in [2.05, 4.69) is 10.9 Å². The Balaban J connectivity index is 2.34. The molecule has 1 aromatic rings. The summed E-state index contributed by atoms with van der Waals surface area (Å²) < 4.78 is 10.8. The second-order valence-corrected chi connectivity index (χ2v) is 4.37. The van der Waals surface area contributed by atoms with Crippen molar-refractivity contribution in [2.75, 3.05) is 13.2 Å². The number of hydrogen-bond donors (Lipinski definition) is 2. The molecule has 0 unspecified atom stereocenters. The van der Waals surface area contributed by atoms with Crippen molar-refractivity contribution in [3.8, 4) is 11.5 Å². The van der Waals surface area contributed by atoms with E-state index in [0.29, 0.717) is 24.5 Å². The van der Waals surface area contributed by atoms with Gasteiger partial charge >= 0.3 is 0 Å². The van der Waals surface area contributed by atoms with Crippen LogP contribution in [-0.4, -0.2) is 25.0 Å². The zero-order valence-electron chi connectivity index (χ0n) is 12.5. The van der Waals surface area contributed by atoms with Gasteiger partial charge in [-0.15, -0.1) is 0 Å². The maximum atomic E-state index is 11.6. The minimum Gasteiger partial charge on any atom is -0.490 e. The molecule has 0 atom stereocenters. The van der Waals surface area contributed by atoms with E-state index in [1.165, 1.54) is 0 Å². The van der Waals surface area contributed by atoms with E-state index >= 15 is 0 Å². The molecule has 0 aromatic heterocycles. The van der Waals surface area contributed by atoms with Gasteiger partial charge in [0, 0.05) is 6.42 Å². The molecule has 0 aliphatic carbocycles. The van der Waals surface area contributed by atoms with Gasteiger partial charge < -0.3 is 9.47 Å². The molecule has 116 valence electrons. The van der Waals surface area contributed by atoms with Crippen LogP contribution in [-0.2, 0) is 9.59 Å². The zero-order chi connectivity index (χ0) is 15.5. The second-order valence-electron chi connectivity index (χ2n) is 4.37. The second kappa shape index (κ2) is 9.63. The first-order valence-corrected chi connectivity index (χ1v) is 7.09. The Hall–Kier alpha value is -2.24. The number of hydrazine groups is 1. The number of benzene rings is 1. The van der Waals surface area contributed by atoms with Gasteiger partial charge in [-0.05, 0) is 25.5 Å². The maximum absolute atomic E-state index is 11.6. The van der Waals surface area contributed by atoms with Crippen molar-refractivity contribution in [3.63, 3.8) is 0 Å². The molecule has 0 saturated heterocycles. The first-order chi connectivity index (χ1) is 10.2. The Morgan fingerprint density at radius 3 is 2.24 bits per heavy atom. The van der Waals surface area contributed by atoms with Gasteiger partial charge in [-0.2, -0.15) is 0 Å². The molecule has 0 radical (unpaired) electrons. The van der Waals surface area contributed by atoms with Crippen LogP contribution in [0.2, 0.25) is 0 Å². The predicted octanol–water partition coefficient (Wildman–Crippen LogP) is 1.80. The van der Waals surface area contributed by atoms with Crippen molar-refractivity contribution in [1.82, 2.24) is 10.9 Å². The number of rotatable bonds is 8. The van der Waals surface area contributed by atoms with Gasteiger partial charge in [0.25, 0.3) is 5.91 Å². The Kier molecular flexibility index (Phi) is 7.71. The Morgan fingerprint density at radius 1 is 1.00 bits per heavy atom. The molecule has 0 spiro atoms. The molecular weight excluding hydrogens is 272 g/mol. The molecule has 2 N–H and O–H groups in total. The third-order valence-corrected chi connectivity index (χ3v) is 2.61. The molecule has 0 bridgehead atoms. The lowest BCUT2D eigenvalue weighted by molar-refractivity contribution is -0.130. The lowest BCUT2D eigenvalue weighted by atomic mass is 10.2. The van der Waals surface area contributed by atoms with Crippen LogP contribution in [0.1, 0.15) is 33.1 Å². The number of carbonyl (C=O) groups excluding carboxylic acids is 2. The highest BCUT2D eigenvalue weighted by atomic mass is 16.5. The molecule has 1 rings (SSSR count). The van der Waals surface area contributed by atoms with Gasteiger partial charge in [0.15, 0.2) is 18.1 Å². The van der Waals surface area contributed by atoms with Gasteiger partial charge in [-0.3, -0.25) is 20.4 Å². The zero-order valence-corrected chi connectivity index (χ0v) is 12.5. The molecule has 21 heavy (non-hydrogen) atoms. The van der Waals surface area contributed by atoms with Crippen molar-refractivity contribution < 1.29 is 19.1 Å². The van der Waals surface area contributed by atoms with Crippen LogP contribution in [0.4, 0.5) is 0 Å². The summed E-state index contributed by atoms with van der Waals surface area (Å²) in [6.07, 6.45) is 2.11. The lowest BCUT2D eigenvalue weighted by Crippen LogP contribution is -2.43. The van der Waals surface area contributed by atoms with Crippen molar-refractivity contribution in [2.45, 2.75) is 33.1 Å². The molecule has 6 nitrogen and oxygen atoms in total. The maximum Gasteiger partial charge on any atom is 0.276 e. The number of ether oxygens (including phenoxy) is 2. The van der Waals surface area contributed by atoms with Crippen LogP contribution >= 0.6 is 0 Å². The van der Waals surface area contributed by atoms with E-state index in [-0.39, 0.29) is 12.5 Å². The fraction of sp³-hybridized carbons (Fsp3) is 0.467. The lowest BCUT2D eigenvalue weighted by Gasteiger charge is -2.12. The summed E-state index contributed by atoms with van der Waals surface area (Å²) in [6.45, 7) is 4.18. The minimum atomic E-state index is -0.425. The van der Waals surface area contributed by atoms with Gasteiger partial charge in [-0.1, -0.05) is 25.5 Å². The summed E-state index contributed by atoms with van der Waals surface area (Å²) in [5.74, 6) is 0.442. The number of para-hydroxylation sites is 2. The quantitative estimate of drug-likeness (QED) is 0.717. The molecule has 0 fully saturated rings. The average molecular weight is 294 g/mol. The third kappa shape index (κ3) is 6.65. The highest BCUT2D eigenvalue weighted by Gasteiger charge is 2.08. The van der Waals surface area contributed by atoms with Crippen molar-refractivity contribution in [3.05, 3.63) is 24.3 Å². The van der Waals surface area contributed by atoms with Crippen LogP contribution in [0, 0.1) is 0 Å². The van der Waals surface area contributed by atoms with E-state index in [0.717, 1.165) is 12.8 Å². The van der Waals surface area contributed by atoms with E-state index in [4.69, 9.17) is 9.47 Å². The van der Waals surface area contributed by atoms with E-state index in [9.17, 15) is 9.59 Å². The molecule has 0 aliphatic rings. The molecule has 0 aliphatic heterocycles. The Morgan fingerprint density at radius 2 is 1.62 bits per heavy atom. The van der Waals surface area contributed by atoms with E-state index in [1.54, 1.807) is 18.2 Å². The highest BCUT2D eigenvalue weighted by Crippen LogP contribution is 2.26. The Labute approximate surface area is 124 Å². The van der Waals surface area contributed by atoms with Crippen LogP contribution in [0.5, 0.6) is 11.5 Å². The molecule has 2 amide bonds. The largest absolute Gasteiger partial charge is 0.490 e. The van der Waals surface area contributed by atoms with Crippen LogP contribution in [0.15, 0.2) is 24.3 Å².